The predicted octanol–water partition coefficient (Wildman–Crippen LogP) is 3.08. The average Bonchev–Trinajstić information content (AvgIpc) is 3.34. The molecule has 1 aliphatic carbocycles. The highest BCUT2D eigenvalue weighted by Gasteiger charge is 2.43. The SMILES string of the molecule is COc1cc(N2C[C@H]3CC[C@@H](C2)C3Nc2nc3n(n2)CCCN3c2cccc(F)c2)cnn1. The summed E-state index contributed by atoms with van der Waals surface area (Å²) < 4.78 is 21.0. The smallest absolute Gasteiger partial charge is 0.244 e. The Bertz CT molecular complexity index is 1140. The fourth-order valence-electron chi connectivity index (χ4n) is 5.54. The number of aromatic nitrogens is 5. The van der Waals surface area contributed by atoms with Crippen LogP contribution in [0.2, 0.25) is 0 Å². The van der Waals surface area contributed by atoms with Gasteiger partial charge in [-0.1, -0.05) is 6.07 Å². The molecule has 33 heavy (non-hydrogen) atoms. The predicted molar refractivity (Wildman–Crippen MR) is 122 cm³/mol. The average molecular weight is 451 g/mol. The van der Waals surface area contributed by atoms with Crippen molar-refractivity contribution < 1.29 is 9.13 Å². The molecule has 1 saturated heterocycles. The molecule has 3 atom stereocenters. The van der Waals surface area contributed by atoms with Gasteiger partial charge in [-0.05, 0) is 49.3 Å². The van der Waals surface area contributed by atoms with Crippen molar-refractivity contribution in [3.05, 3.63) is 42.3 Å². The molecule has 3 aromatic rings. The summed E-state index contributed by atoms with van der Waals surface area (Å²) in [6.45, 7) is 3.52. The maximum atomic E-state index is 13.8. The largest absolute Gasteiger partial charge is 0.480 e. The summed E-state index contributed by atoms with van der Waals surface area (Å²) in [5.74, 6) is 2.74. The molecule has 3 aliphatic rings. The van der Waals surface area contributed by atoms with Gasteiger partial charge in [0.2, 0.25) is 17.8 Å². The Morgan fingerprint density at radius 2 is 1.94 bits per heavy atom. The highest BCUT2D eigenvalue weighted by molar-refractivity contribution is 5.59. The van der Waals surface area contributed by atoms with Gasteiger partial charge in [-0.3, -0.25) is 0 Å². The number of fused-ring (bicyclic) bond motifs is 3. The van der Waals surface area contributed by atoms with Crippen molar-refractivity contribution in [2.24, 2.45) is 11.8 Å². The van der Waals surface area contributed by atoms with E-state index >= 15 is 0 Å². The summed E-state index contributed by atoms with van der Waals surface area (Å²) in [6.07, 6.45) is 5.11. The number of nitrogens with zero attached hydrogens (tertiary/aromatic N) is 7. The third-order valence-electron chi connectivity index (χ3n) is 7.09. The van der Waals surface area contributed by atoms with E-state index in [9.17, 15) is 4.39 Å². The lowest BCUT2D eigenvalue weighted by molar-refractivity contribution is 0.372. The molecule has 1 unspecified atom stereocenters. The molecule has 0 radical (unpaired) electrons. The van der Waals surface area contributed by atoms with Gasteiger partial charge >= 0.3 is 0 Å². The first-order valence-electron chi connectivity index (χ1n) is 11.5. The first-order valence-corrected chi connectivity index (χ1v) is 11.5. The van der Waals surface area contributed by atoms with Crippen LogP contribution >= 0.6 is 0 Å². The molecule has 0 amide bonds. The van der Waals surface area contributed by atoms with E-state index in [1.165, 1.54) is 18.9 Å². The first kappa shape index (κ1) is 20.2. The van der Waals surface area contributed by atoms with Crippen LogP contribution in [0.4, 0.5) is 27.7 Å². The molecule has 1 N–H and O–H groups in total. The van der Waals surface area contributed by atoms with Gasteiger partial charge in [0.1, 0.15) is 5.82 Å². The molecular weight excluding hydrogens is 423 g/mol. The number of aryl methyl sites for hydroxylation is 1. The fraction of sp³-hybridized carbons (Fsp3) is 0.478. The van der Waals surface area contributed by atoms with Crippen LogP contribution in [0.25, 0.3) is 0 Å². The first-order chi connectivity index (χ1) is 16.2. The van der Waals surface area contributed by atoms with Crippen LogP contribution in [0.3, 0.4) is 0 Å². The van der Waals surface area contributed by atoms with Gasteiger partial charge in [-0.2, -0.15) is 10.1 Å². The minimum Gasteiger partial charge on any atom is -0.480 e. The second-order valence-corrected chi connectivity index (χ2v) is 9.07. The number of nitrogens with one attached hydrogen (secondary N) is 1. The molecule has 9 nitrogen and oxygen atoms in total. The summed E-state index contributed by atoms with van der Waals surface area (Å²) >= 11 is 0. The lowest BCUT2D eigenvalue weighted by atomic mass is 9.92. The lowest BCUT2D eigenvalue weighted by Gasteiger charge is -2.39. The van der Waals surface area contributed by atoms with Crippen molar-refractivity contribution in [3.63, 3.8) is 0 Å². The van der Waals surface area contributed by atoms with Gasteiger partial charge in [-0.15, -0.1) is 10.2 Å². The zero-order chi connectivity index (χ0) is 22.4. The maximum Gasteiger partial charge on any atom is 0.244 e. The topological polar surface area (TPSA) is 84.2 Å². The number of anilines is 4. The molecular formula is C23H27FN8O. The standard InChI is InChI=1S/C23H27FN8O/c1-33-20-11-19(12-25-28-20)30-13-15-6-7-16(14-30)21(15)26-22-27-23-31(8-3-9-32(23)29-22)18-5-2-4-17(24)10-18/h2,4-5,10-12,15-16,21H,3,6-9,13-14H2,1H3,(H,26,29)/t15-,16+,21?. The van der Waals surface area contributed by atoms with Gasteiger partial charge in [0, 0.05) is 44.0 Å². The number of benzene rings is 1. The molecule has 1 saturated carbocycles. The molecule has 2 aliphatic heterocycles. The Balaban J connectivity index is 1.19. The van der Waals surface area contributed by atoms with Crippen molar-refractivity contribution in [2.45, 2.75) is 31.8 Å². The second-order valence-electron chi connectivity index (χ2n) is 9.07. The minimum atomic E-state index is -0.243. The summed E-state index contributed by atoms with van der Waals surface area (Å²) in [6, 6.07) is 8.95. The van der Waals surface area contributed by atoms with Crippen LogP contribution in [-0.4, -0.2) is 57.7 Å². The molecule has 0 spiro atoms. The summed E-state index contributed by atoms with van der Waals surface area (Å²) in [7, 11) is 1.61. The molecule has 2 aromatic heterocycles. The minimum absolute atomic E-state index is 0.243. The van der Waals surface area contributed by atoms with Crippen LogP contribution in [-0.2, 0) is 6.54 Å². The molecule has 1 aromatic carbocycles. The van der Waals surface area contributed by atoms with Gasteiger partial charge < -0.3 is 19.9 Å². The Morgan fingerprint density at radius 3 is 2.73 bits per heavy atom. The number of ether oxygens (including phenoxy) is 1. The van der Waals surface area contributed by atoms with Crippen molar-refractivity contribution in [2.75, 3.05) is 41.9 Å². The maximum absolute atomic E-state index is 13.8. The summed E-state index contributed by atoms with van der Waals surface area (Å²) in [4.78, 5) is 9.26. The summed E-state index contributed by atoms with van der Waals surface area (Å²) in [5.41, 5.74) is 1.86. The van der Waals surface area contributed by atoms with Crippen molar-refractivity contribution in [1.82, 2.24) is 25.0 Å². The lowest BCUT2D eigenvalue weighted by Crippen LogP contribution is -2.48. The normalized spacial score (nSPS) is 24.0. The van der Waals surface area contributed by atoms with E-state index in [1.807, 2.05) is 27.9 Å². The van der Waals surface area contributed by atoms with Crippen LogP contribution in [0.5, 0.6) is 5.88 Å². The zero-order valence-electron chi connectivity index (χ0n) is 18.6. The van der Waals surface area contributed by atoms with Gasteiger partial charge in [0.05, 0.1) is 19.0 Å². The fourth-order valence-corrected chi connectivity index (χ4v) is 5.54. The molecule has 2 fully saturated rings. The van der Waals surface area contributed by atoms with Crippen molar-refractivity contribution >= 4 is 23.3 Å². The van der Waals surface area contributed by atoms with E-state index in [1.54, 1.807) is 19.2 Å². The number of hydrogen-bond donors (Lipinski definition) is 1. The van der Waals surface area contributed by atoms with Crippen molar-refractivity contribution in [3.8, 4) is 5.88 Å². The van der Waals surface area contributed by atoms with Gasteiger partial charge in [-0.25, -0.2) is 9.07 Å². The summed E-state index contributed by atoms with van der Waals surface area (Å²) in [5, 5.41) is 16.5. The zero-order valence-corrected chi connectivity index (χ0v) is 18.6. The third kappa shape index (κ3) is 3.73. The molecule has 4 heterocycles. The molecule has 10 heteroatoms. The second kappa shape index (κ2) is 8.17. The Labute approximate surface area is 191 Å². The van der Waals surface area contributed by atoms with E-state index in [0.29, 0.717) is 29.7 Å². The van der Waals surface area contributed by atoms with E-state index in [-0.39, 0.29) is 5.82 Å². The van der Waals surface area contributed by atoms with Gasteiger partial charge in [0.15, 0.2) is 0 Å². The molecule has 6 rings (SSSR count). The van der Waals surface area contributed by atoms with E-state index in [0.717, 1.165) is 49.9 Å². The number of methoxy groups -OCH3 is 1. The number of halogens is 1. The Kier molecular flexibility index (Phi) is 5.00. The third-order valence-corrected chi connectivity index (χ3v) is 7.09. The number of rotatable bonds is 5. The molecule has 2 bridgehead atoms. The van der Waals surface area contributed by atoms with Crippen LogP contribution < -0.4 is 19.9 Å². The van der Waals surface area contributed by atoms with E-state index in [2.05, 4.69) is 20.4 Å². The Morgan fingerprint density at radius 1 is 1.09 bits per heavy atom. The number of hydrogen-bond acceptors (Lipinski definition) is 8. The molecule has 172 valence electrons. The van der Waals surface area contributed by atoms with Crippen LogP contribution in [0.1, 0.15) is 19.3 Å². The monoisotopic (exact) mass is 450 g/mol. The highest BCUT2D eigenvalue weighted by atomic mass is 19.1. The number of piperidine rings is 1. The van der Waals surface area contributed by atoms with Crippen LogP contribution in [0.15, 0.2) is 36.5 Å². The van der Waals surface area contributed by atoms with Crippen molar-refractivity contribution in [1.29, 1.82) is 0 Å². The van der Waals surface area contributed by atoms with E-state index < -0.39 is 0 Å². The quantitative estimate of drug-likeness (QED) is 0.635. The van der Waals surface area contributed by atoms with Gasteiger partial charge in [0.25, 0.3) is 0 Å². The Hall–Kier alpha value is -3.43. The van der Waals surface area contributed by atoms with E-state index in [4.69, 9.17) is 14.8 Å². The highest BCUT2D eigenvalue weighted by Crippen LogP contribution is 2.40. The van der Waals surface area contributed by atoms with Crippen LogP contribution in [0, 0.1) is 17.7 Å².